The van der Waals surface area contributed by atoms with Crippen LogP contribution in [0.2, 0.25) is 0 Å². The number of nitrogens with two attached hydrogens (primary N) is 1. The molecule has 1 aromatic rings. The predicted octanol–water partition coefficient (Wildman–Crippen LogP) is 1.94. The van der Waals surface area contributed by atoms with Gasteiger partial charge < -0.3 is 5.73 Å². The number of hydrogen-bond acceptors (Lipinski definition) is 1. The van der Waals surface area contributed by atoms with E-state index in [1.54, 1.807) is 6.08 Å². The van der Waals surface area contributed by atoms with Crippen molar-refractivity contribution in [3.8, 4) is 0 Å². The van der Waals surface area contributed by atoms with Gasteiger partial charge in [0.1, 0.15) is 11.6 Å². The molecule has 0 aromatic heterocycles. The third kappa shape index (κ3) is 2.13. The Bertz CT molecular complexity index is 295. The fourth-order valence-corrected chi connectivity index (χ4v) is 0.832. The Hall–Kier alpha value is -1.22. The van der Waals surface area contributed by atoms with Crippen LogP contribution >= 0.6 is 0 Å². The van der Waals surface area contributed by atoms with Crippen LogP contribution in [-0.2, 0) is 0 Å². The topological polar surface area (TPSA) is 26.0 Å². The van der Waals surface area contributed by atoms with Crippen molar-refractivity contribution in [3.63, 3.8) is 0 Å². The molecule has 0 unspecified atom stereocenters. The third-order valence-corrected chi connectivity index (χ3v) is 1.40. The monoisotopic (exact) mass is 169 g/mol. The molecular weight excluding hydrogens is 160 g/mol. The molecule has 0 spiro atoms. The second-order valence-corrected chi connectivity index (χ2v) is 2.30. The zero-order valence-corrected chi connectivity index (χ0v) is 6.43. The first-order valence-electron chi connectivity index (χ1n) is 3.55. The highest BCUT2D eigenvalue weighted by Gasteiger charge is 1.98. The van der Waals surface area contributed by atoms with Crippen LogP contribution in [0.1, 0.15) is 5.56 Å². The molecule has 0 aliphatic heterocycles. The predicted molar refractivity (Wildman–Crippen MR) is 44.4 cm³/mol. The van der Waals surface area contributed by atoms with Crippen molar-refractivity contribution in [3.05, 3.63) is 41.5 Å². The molecule has 1 rings (SSSR count). The van der Waals surface area contributed by atoms with Crippen LogP contribution < -0.4 is 5.73 Å². The molecule has 12 heavy (non-hydrogen) atoms. The van der Waals surface area contributed by atoms with E-state index >= 15 is 0 Å². The van der Waals surface area contributed by atoms with Gasteiger partial charge in [0.15, 0.2) is 0 Å². The first kappa shape index (κ1) is 8.87. The van der Waals surface area contributed by atoms with Crippen LogP contribution in [0.3, 0.4) is 0 Å². The van der Waals surface area contributed by atoms with E-state index in [9.17, 15) is 8.78 Å². The minimum absolute atomic E-state index is 0.344. The molecule has 0 aliphatic carbocycles. The van der Waals surface area contributed by atoms with E-state index in [0.29, 0.717) is 12.1 Å². The molecule has 2 N–H and O–H groups in total. The van der Waals surface area contributed by atoms with Crippen molar-refractivity contribution in [1.82, 2.24) is 0 Å². The van der Waals surface area contributed by atoms with Crippen LogP contribution in [0.25, 0.3) is 6.08 Å². The summed E-state index contributed by atoms with van der Waals surface area (Å²) < 4.78 is 25.2. The highest BCUT2D eigenvalue weighted by Crippen LogP contribution is 2.10. The SMILES string of the molecule is NC/C=C/c1ccc(F)cc1F. The summed E-state index contributed by atoms with van der Waals surface area (Å²) in [4.78, 5) is 0. The number of rotatable bonds is 2. The molecule has 0 saturated heterocycles. The highest BCUT2D eigenvalue weighted by atomic mass is 19.1. The Morgan fingerprint density at radius 2 is 2.08 bits per heavy atom. The normalized spacial score (nSPS) is 10.9. The maximum atomic E-state index is 12.8. The van der Waals surface area contributed by atoms with Crippen molar-refractivity contribution in [2.24, 2.45) is 5.73 Å². The molecule has 0 aliphatic rings. The summed E-state index contributed by atoms with van der Waals surface area (Å²) in [6.45, 7) is 0.344. The largest absolute Gasteiger partial charge is 0.327 e. The molecule has 1 nitrogen and oxygen atoms in total. The maximum Gasteiger partial charge on any atom is 0.133 e. The summed E-state index contributed by atoms with van der Waals surface area (Å²) in [5.41, 5.74) is 5.52. The van der Waals surface area contributed by atoms with Crippen molar-refractivity contribution >= 4 is 6.08 Å². The molecule has 0 radical (unpaired) electrons. The van der Waals surface area contributed by atoms with Crippen molar-refractivity contribution in [1.29, 1.82) is 0 Å². The molecule has 0 heterocycles. The Morgan fingerprint density at radius 3 is 2.67 bits per heavy atom. The lowest BCUT2D eigenvalue weighted by Gasteiger charge is -1.95. The Balaban J connectivity index is 2.94. The highest BCUT2D eigenvalue weighted by molar-refractivity contribution is 5.49. The maximum absolute atomic E-state index is 12.8. The van der Waals surface area contributed by atoms with Gasteiger partial charge in [-0.2, -0.15) is 0 Å². The summed E-state index contributed by atoms with van der Waals surface area (Å²) in [6.07, 6.45) is 3.13. The van der Waals surface area contributed by atoms with Crippen molar-refractivity contribution in [2.75, 3.05) is 6.54 Å². The molecule has 0 amide bonds. The lowest BCUT2D eigenvalue weighted by atomic mass is 10.2. The van der Waals surface area contributed by atoms with Crippen molar-refractivity contribution < 1.29 is 8.78 Å². The minimum Gasteiger partial charge on any atom is -0.327 e. The van der Waals surface area contributed by atoms with E-state index in [-0.39, 0.29) is 0 Å². The second-order valence-electron chi connectivity index (χ2n) is 2.30. The van der Waals surface area contributed by atoms with E-state index in [1.807, 2.05) is 0 Å². The molecule has 0 fully saturated rings. The minimum atomic E-state index is -0.572. The summed E-state index contributed by atoms with van der Waals surface area (Å²) in [6, 6.07) is 3.42. The molecule has 0 atom stereocenters. The van der Waals surface area contributed by atoms with E-state index in [4.69, 9.17) is 5.73 Å². The van der Waals surface area contributed by atoms with Gasteiger partial charge in [0.05, 0.1) is 0 Å². The molecule has 0 bridgehead atoms. The quantitative estimate of drug-likeness (QED) is 0.719. The van der Waals surface area contributed by atoms with Crippen LogP contribution in [-0.4, -0.2) is 6.54 Å². The molecule has 3 heteroatoms. The summed E-state index contributed by atoms with van der Waals surface area (Å²) >= 11 is 0. The standard InChI is InChI=1S/C9H9F2N/c10-8-4-3-7(2-1-5-12)9(11)6-8/h1-4,6H,5,12H2/b2-1+. The van der Waals surface area contributed by atoms with E-state index < -0.39 is 11.6 Å². The van der Waals surface area contributed by atoms with Crippen LogP contribution in [0.4, 0.5) is 8.78 Å². The zero-order chi connectivity index (χ0) is 8.97. The fraction of sp³-hybridized carbons (Fsp3) is 0.111. The smallest absolute Gasteiger partial charge is 0.133 e. The Morgan fingerprint density at radius 1 is 1.33 bits per heavy atom. The average Bonchev–Trinajstić information content (AvgIpc) is 2.03. The Labute approximate surface area is 69.5 Å². The lowest BCUT2D eigenvalue weighted by molar-refractivity contribution is 0.581. The fourth-order valence-electron chi connectivity index (χ4n) is 0.832. The number of halogens is 2. The molecule has 0 saturated carbocycles. The molecule has 64 valence electrons. The van der Waals surface area contributed by atoms with Gasteiger partial charge in [-0.3, -0.25) is 0 Å². The number of hydrogen-bond donors (Lipinski definition) is 1. The van der Waals surface area contributed by atoms with Gasteiger partial charge in [0.25, 0.3) is 0 Å². The van der Waals surface area contributed by atoms with Gasteiger partial charge in [0.2, 0.25) is 0 Å². The van der Waals surface area contributed by atoms with Crippen LogP contribution in [0.5, 0.6) is 0 Å². The second kappa shape index (κ2) is 3.97. The summed E-state index contributed by atoms with van der Waals surface area (Å²) in [5.74, 6) is -1.14. The molecule has 1 aromatic carbocycles. The van der Waals surface area contributed by atoms with Gasteiger partial charge in [-0.25, -0.2) is 8.78 Å². The van der Waals surface area contributed by atoms with Gasteiger partial charge in [-0.05, 0) is 12.1 Å². The average molecular weight is 169 g/mol. The zero-order valence-electron chi connectivity index (χ0n) is 6.43. The van der Waals surface area contributed by atoms with Crippen molar-refractivity contribution in [2.45, 2.75) is 0 Å². The summed E-state index contributed by atoms with van der Waals surface area (Å²) in [5, 5.41) is 0. The van der Waals surface area contributed by atoms with Crippen LogP contribution in [0.15, 0.2) is 24.3 Å². The first-order valence-corrected chi connectivity index (χ1v) is 3.55. The molecular formula is C9H9F2N. The van der Waals surface area contributed by atoms with Gasteiger partial charge >= 0.3 is 0 Å². The van der Waals surface area contributed by atoms with Crippen LogP contribution in [0, 0.1) is 11.6 Å². The van der Waals surface area contributed by atoms with Gasteiger partial charge in [0, 0.05) is 18.2 Å². The summed E-state index contributed by atoms with van der Waals surface area (Å²) in [7, 11) is 0. The lowest BCUT2D eigenvalue weighted by Crippen LogP contribution is -1.92. The van der Waals surface area contributed by atoms with E-state index in [1.165, 1.54) is 18.2 Å². The number of benzene rings is 1. The third-order valence-electron chi connectivity index (χ3n) is 1.40. The van der Waals surface area contributed by atoms with E-state index in [2.05, 4.69) is 0 Å². The Kier molecular flexibility index (Phi) is 2.94. The van der Waals surface area contributed by atoms with Gasteiger partial charge in [-0.1, -0.05) is 12.2 Å². The van der Waals surface area contributed by atoms with Gasteiger partial charge in [-0.15, -0.1) is 0 Å². The first-order chi connectivity index (χ1) is 5.74. The van der Waals surface area contributed by atoms with E-state index in [0.717, 1.165) is 6.07 Å².